The first-order chi connectivity index (χ1) is 7.34. The van der Waals surface area contributed by atoms with Crippen molar-refractivity contribution in [1.82, 2.24) is 0 Å². The largest absolute Gasteiger partial charge is 0.462 e. The van der Waals surface area contributed by atoms with Crippen LogP contribution in [-0.4, -0.2) is 30.2 Å². The van der Waals surface area contributed by atoms with Crippen molar-refractivity contribution in [3.05, 3.63) is 24.8 Å². The molecule has 0 aromatic rings. The van der Waals surface area contributed by atoms with E-state index in [1.807, 2.05) is 13.8 Å². The van der Waals surface area contributed by atoms with Crippen molar-refractivity contribution in [3.63, 3.8) is 0 Å². The van der Waals surface area contributed by atoms with E-state index in [0.29, 0.717) is 12.5 Å². The molecule has 0 atom stereocenters. The summed E-state index contributed by atoms with van der Waals surface area (Å²) in [5.74, 6) is -0.597. The summed E-state index contributed by atoms with van der Waals surface area (Å²) in [7, 11) is 0. The van der Waals surface area contributed by atoms with E-state index in [4.69, 9.17) is 9.84 Å². The fraction of sp³-hybridized carbons (Fsp3) is 0.455. The Hall–Kier alpha value is -1.62. The van der Waals surface area contributed by atoms with Gasteiger partial charge in [0, 0.05) is 11.6 Å². The maximum absolute atomic E-state index is 10.4. The van der Waals surface area contributed by atoms with Crippen LogP contribution in [0.15, 0.2) is 24.8 Å². The van der Waals surface area contributed by atoms with Gasteiger partial charge in [0.25, 0.3) is 0 Å². The minimum absolute atomic E-state index is 0.0417. The Morgan fingerprint density at radius 1 is 1.50 bits per heavy atom. The Bertz CT molecular complexity index is 259. The van der Waals surface area contributed by atoms with E-state index in [9.17, 15) is 9.59 Å². The second-order valence-electron chi connectivity index (χ2n) is 3.35. The second-order valence-corrected chi connectivity index (χ2v) is 3.35. The lowest BCUT2D eigenvalue weighted by molar-refractivity contribution is -0.138. The summed E-state index contributed by atoms with van der Waals surface area (Å²) >= 11 is 0. The highest BCUT2D eigenvalue weighted by Crippen LogP contribution is 1.92. The average molecular weight is 229 g/mol. The predicted octanol–water partition coefficient (Wildman–Crippen LogP) is 0.392. The number of amides is 1. The first-order valence-electron chi connectivity index (χ1n) is 4.72. The van der Waals surface area contributed by atoms with Crippen LogP contribution in [0.25, 0.3) is 0 Å². The van der Waals surface area contributed by atoms with Crippen LogP contribution in [0.3, 0.4) is 0 Å². The molecule has 0 aliphatic rings. The topological polar surface area (TPSA) is 89.6 Å². The third-order valence-electron chi connectivity index (χ3n) is 1.26. The number of primary amides is 1. The molecule has 0 aromatic heterocycles. The number of hydrogen-bond donors (Lipinski definition) is 2. The molecule has 0 aromatic carbocycles. The average Bonchev–Trinajstić information content (AvgIpc) is 2.25. The second kappa shape index (κ2) is 9.92. The molecule has 0 spiro atoms. The van der Waals surface area contributed by atoms with E-state index in [2.05, 4.69) is 18.9 Å². The molecule has 3 N–H and O–H groups in total. The number of carbonyl (C=O) groups is 2. The maximum atomic E-state index is 10.4. The van der Waals surface area contributed by atoms with Crippen LogP contribution in [-0.2, 0) is 14.3 Å². The van der Waals surface area contributed by atoms with Crippen LogP contribution in [0, 0.1) is 5.92 Å². The number of esters is 1. The highest BCUT2D eigenvalue weighted by molar-refractivity contribution is 5.91. The highest BCUT2D eigenvalue weighted by atomic mass is 16.5. The third kappa shape index (κ3) is 12.4. The van der Waals surface area contributed by atoms with Gasteiger partial charge in [-0.2, -0.15) is 0 Å². The smallest absolute Gasteiger partial charge is 0.330 e. The molecule has 0 saturated heterocycles. The van der Waals surface area contributed by atoms with Crippen molar-refractivity contribution in [2.75, 3.05) is 13.2 Å². The fourth-order valence-corrected chi connectivity index (χ4v) is 0.386. The van der Waals surface area contributed by atoms with Crippen LogP contribution in [0.1, 0.15) is 13.8 Å². The predicted molar refractivity (Wildman–Crippen MR) is 61.4 cm³/mol. The molecular formula is C11H19NO4. The van der Waals surface area contributed by atoms with E-state index in [1.54, 1.807) is 0 Å². The van der Waals surface area contributed by atoms with Gasteiger partial charge >= 0.3 is 5.97 Å². The molecule has 0 radical (unpaired) electrons. The van der Waals surface area contributed by atoms with Gasteiger partial charge in [0.15, 0.2) is 0 Å². The Kier molecular flexibility index (Phi) is 10.4. The Morgan fingerprint density at radius 3 is 2.19 bits per heavy atom. The lowest BCUT2D eigenvalue weighted by Gasteiger charge is -2.02. The Balaban J connectivity index is 0. The molecule has 92 valence electrons. The van der Waals surface area contributed by atoms with Crippen molar-refractivity contribution in [1.29, 1.82) is 0 Å². The van der Waals surface area contributed by atoms with Crippen LogP contribution >= 0.6 is 0 Å². The quantitative estimate of drug-likeness (QED) is 0.527. The summed E-state index contributed by atoms with van der Waals surface area (Å²) in [6, 6.07) is 0. The number of aliphatic hydroxyl groups excluding tert-OH is 1. The number of ether oxygens (including phenoxy) is 1. The lowest BCUT2D eigenvalue weighted by atomic mass is 10.2. The van der Waals surface area contributed by atoms with Gasteiger partial charge in [0.05, 0.1) is 13.2 Å². The van der Waals surface area contributed by atoms with Gasteiger partial charge < -0.3 is 15.6 Å². The van der Waals surface area contributed by atoms with Gasteiger partial charge in [-0.05, 0) is 5.92 Å². The zero-order chi connectivity index (χ0) is 13.1. The van der Waals surface area contributed by atoms with Crippen molar-refractivity contribution in [2.45, 2.75) is 13.8 Å². The molecular weight excluding hydrogens is 210 g/mol. The number of aliphatic hydroxyl groups is 1. The Labute approximate surface area is 95.6 Å². The third-order valence-corrected chi connectivity index (χ3v) is 1.26. The molecule has 5 nitrogen and oxygen atoms in total. The van der Waals surface area contributed by atoms with Gasteiger partial charge in [-0.3, -0.25) is 4.79 Å². The first kappa shape index (κ1) is 16.8. The minimum atomic E-state index is -0.650. The zero-order valence-electron chi connectivity index (χ0n) is 9.73. The van der Waals surface area contributed by atoms with Gasteiger partial charge in [-0.15, -0.1) is 0 Å². The summed E-state index contributed by atoms with van der Waals surface area (Å²) in [4.78, 5) is 20.3. The van der Waals surface area contributed by atoms with E-state index in [-0.39, 0.29) is 18.1 Å². The van der Waals surface area contributed by atoms with Crippen LogP contribution in [0.2, 0.25) is 0 Å². The summed E-state index contributed by atoms with van der Waals surface area (Å²) in [5, 5.41) is 8.10. The van der Waals surface area contributed by atoms with E-state index < -0.39 is 5.91 Å². The van der Waals surface area contributed by atoms with Crippen molar-refractivity contribution in [3.8, 4) is 0 Å². The maximum Gasteiger partial charge on any atom is 0.330 e. The van der Waals surface area contributed by atoms with E-state index in [1.165, 1.54) is 6.08 Å². The first-order valence-corrected chi connectivity index (χ1v) is 4.72. The molecule has 0 bridgehead atoms. The SMILES string of the molecule is C=C(CO)C(N)=O.C=CC(=O)OCC(C)C. The van der Waals surface area contributed by atoms with E-state index >= 15 is 0 Å². The van der Waals surface area contributed by atoms with Gasteiger partial charge in [0.1, 0.15) is 0 Å². The molecule has 0 aliphatic carbocycles. The summed E-state index contributed by atoms with van der Waals surface area (Å²) < 4.78 is 4.70. The number of nitrogens with two attached hydrogens (primary N) is 1. The molecule has 0 heterocycles. The molecule has 0 unspecified atom stereocenters. The molecule has 1 amide bonds. The molecule has 5 heteroatoms. The Morgan fingerprint density at radius 2 is 2.00 bits per heavy atom. The monoisotopic (exact) mass is 229 g/mol. The van der Waals surface area contributed by atoms with Gasteiger partial charge in [0.2, 0.25) is 5.91 Å². The van der Waals surface area contributed by atoms with Crippen molar-refractivity contribution in [2.24, 2.45) is 11.7 Å². The van der Waals surface area contributed by atoms with Gasteiger partial charge in [-0.25, -0.2) is 4.79 Å². The fourth-order valence-electron chi connectivity index (χ4n) is 0.386. The van der Waals surface area contributed by atoms with Crippen molar-refractivity contribution < 1.29 is 19.4 Å². The normalized spacial score (nSPS) is 8.75. The van der Waals surface area contributed by atoms with Crippen LogP contribution in [0.5, 0.6) is 0 Å². The van der Waals surface area contributed by atoms with Crippen molar-refractivity contribution >= 4 is 11.9 Å². The molecule has 0 fully saturated rings. The minimum Gasteiger partial charge on any atom is -0.462 e. The molecule has 0 saturated carbocycles. The summed E-state index contributed by atoms with van der Waals surface area (Å²) in [6.07, 6.45) is 1.17. The van der Waals surface area contributed by atoms with E-state index in [0.717, 1.165) is 0 Å². The number of rotatable bonds is 5. The molecule has 16 heavy (non-hydrogen) atoms. The highest BCUT2D eigenvalue weighted by Gasteiger charge is 1.96. The molecule has 0 aliphatic heterocycles. The molecule has 0 rings (SSSR count). The summed E-state index contributed by atoms with van der Waals surface area (Å²) in [6.45, 7) is 10.5. The zero-order valence-corrected chi connectivity index (χ0v) is 9.73. The number of carbonyl (C=O) groups excluding carboxylic acids is 2. The number of hydrogen-bond acceptors (Lipinski definition) is 4. The van der Waals surface area contributed by atoms with Crippen LogP contribution < -0.4 is 5.73 Å². The lowest BCUT2D eigenvalue weighted by Crippen LogP contribution is -2.14. The van der Waals surface area contributed by atoms with Gasteiger partial charge in [-0.1, -0.05) is 27.0 Å². The standard InChI is InChI=1S/C7H12O2.C4H7NO2/c1-4-7(8)9-5-6(2)3;1-3(2-6)4(5)7/h4,6H,1,5H2,2-3H3;6H,1-2H2,(H2,5,7). The summed E-state index contributed by atoms with van der Waals surface area (Å²) in [5.41, 5.74) is 4.69. The van der Waals surface area contributed by atoms with Crippen LogP contribution in [0.4, 0.5) is 0 Å².